The van der Waals surface area contributed by atoms with Crippen LogP contribution in [-0.2, 0) is 23.9 Å². The van der Waals surface area contributed by atoms with Crippen LogP contribution in [0.1, 0.15) is 44.0 Å². The first-order chi connectivity index (χ1) is 20.7. The minimum atomic E-state index is -1.29. The molecule has 0 N–H and O–H groups in total. The summed E-state index contributed by atoms with van der Waals surface area (Å²) in [7, 11) is 2.77. The van der Waals surface area contributed by atoms with Crippen molar-refractivity contribution in [1.82, 2.24) is 5.16 Å². The van der Waals surface area contributed by atoms with Crippen LogP contribution in [0, 0.1) is 5.41 Å². The Morgan fingerprint density at radius 1 is 0.907 bits per heavy atom. The van der Waals surface area contributed by atoms with Crippen molar-refractivity contribution >= 4 is 23.3 Å². The first kappa shape index (κ1) is 29.3. The number of rotatable bonds is 9. The highest BCUT2D eigenvalue weighted by Gasteiger charge is 2.49. The smallest absolute Gasteiger partial charge is 0.351 e. The maximum absolute atomic E-state index is 14.5. The van der Waals surface area contributed by atoms with Crippen molar-refractivity contribution in [1.29, 1.82) is 0 Å². The predicted octanol–water partition coefficient (Wildman–Crippen LogP) is 6.24. The Morgan fingerprint density at radius 2 is 1.58 bits per heavy atom. The fourth-order valence-corrected chi connectivity index (χ4v) is 5.05. The third-order valence-electron chi connectivity index (χ3n) is 7.18. The Morgan fingerprint density at radius 3 is 2.19 bits per heavy atom. The van der Waals surface area contributed by atoms with Crippen LogP contribution in [0.2, 0.25) is 0 Å². The summed E-state index contributed by atoms with van der Waals surface area (Å²) in [5.74, 6) is -1.35. The predicted molar refractivity (Wildman–Crippen MR) is 159 cm³/mol. The molecule has 220 valence electrons. The lowest BCUT2D eigenvalue weighted by Gasteiger charge is -2.29. The molecule has 1 aliphatic rings. The summed E-state index contributed by atoms with van der Waals surface area (Å²) in [6.45, 7) is 5.32. The van der Waals surface area contributed by atoms with Crippen molar-refractivity contribution in [3.63, 3.8) is 0 Å². The number of ether oxygens (including phenoxy) is 3. The van der Waals surface area contributed by atoms with E-state index in [1.807, 2.05) is 24.3 Å². The zero-order valence-electron chi connectivity index (χ0n) is 24.6. The lowest BCUT2D eigenvalue weighted by Crippen LogP contribution is -2.33. The average molecular weight is 581 g/mol. The van der Waals surface area contributed by atoms with Crippen LogP contribution in [0.15, 0.2) is 107 Å². The first-order valence-corrected chi connectivity index (χ1v) is 13.7. The van der Waals surface area contributed by atoms with Crippen molar-refractivity contribution < 1.29 is 33.1 Å². The van der Waals surface area contributed by atoms with Gasteiger partial charge >= 0.3 is 5.97 Å². The number of ketones is 1. The van der Waals surface area contributed by atoms with Crippen molar-refractivity contribution in [2.24, 2.45) is 5.41 Å². The maximum Gasteiger partial charge on any atom is 0.351 e. The van der Waals surface area contributed by atoms with Crippen molar-refractivity contribution in [2.75, 3.05) is 19.1 Å². The molecular formula is C34H32N2O7. The number of carbonyl (C=O) groups is 3. The van der Waals surface area contributed by atoms with Crippen LogP contribution >= 0.6 is 0 Å². The summed E-state index contributed by atoms with van der Waals surface area (Å²) >= 11 is 0. The number of para-hydroxylation sites is 1. The zero-order chi connectivity index (χ0) is 30.7. The Bertz CT molecular complexity index is 1650. The molecule has 0 bridgehead atoms. The highest BCUT2D eigenvalue weighted by molar-refractivity contribution is 6.18. The van der Waals surface area contributed by atoms with Gasteiger partial charge in [0.15, 0.2) is 11.5 Å². The van der Waals surface area contributed by atoms with Crippen LogP contribution in [0.4, 0.5) is 5.69 Å². The van der Waals surface area contributed by atoms with E-state index in [2.05, 4.69) is 5.16 Å². The van der Waals surface area contributed by atoms with Gasteiger partial charge in [0.1, 0.15) is 17.7 Å². The molecule has 0 fully saturated rings. The summed E-state index contributed by atoms with van der Waals surface area (Å²) in [6.07, 6.45) is 0.189. The topological polar surface area (TPSA) is 108 Å². The fourth-order valence-electron chi connectivity index (χ4n) is 5.05. The van der Waals surface area contributed by atoms with E-state index >= 15 is 0 Å². The minimum Gasteiger partial charge on any atom is -0.496 e. The number of nitrogens with zero attached hydrogens (tertiary/aromatic N) is 2. The lowest BCUT2D eigenvalue weighted by atomic mass is 9.82. The van der Waals surface area contributed by atoms with E-state index in [1.165, 1.54) is 25.4 Å². The van der Waals surface area contributed by atoms with Gasteiger partial charge in [0.05, 0.1) is 25.8 Å². The maximum atomic E-state index is 14.5. The molecule has 43 heavy (non-hydrogen) atoms. The van der Waals surface area contributed by atoms with Crippen LogP contribution in [0.25, 0.3) is 11.3 Å². The summed E-state index contributed by atoms with van der Waals surface area (Å²) in [5.41, 5.74) is 2.19. The van der Waals surface area contributed by atoms with E-state index in [4.69, 9.17) is 18.7 Å². The average Bonchev–Trinajstić information content (AvgIpc) is 3.66. The second kappa shape index (κ2) is 12.0. The monoisotopic (exact) mass is 580 g/mol. The molecule has 1 amide bonds. The standard InChI is InChI=1S/C34H32N2O7/c1-34(2,3)31(37)27-28(24-13-9-10-14-26(24)40-4)36(23-17-15-21(16-18-23)25-19-20-42-35-25)32(38)30(27)43-29(33(39)41-5)22-11-7-6-8-12-22/h6-20,28-29H,1-5H3/t28-,29-/m1/s1. The summed E-state index contributed by atoms with van der Waals surface area (Å²) < 4.78 is 22.0. The molecule has 0 radical (unpaired) electrons. The summed E-state index contributed by atoms with van der Waals surface area (Å²) in [4.78, 5) is 43.3. The van der Waals surface area contributed by atoms with Crippen molar-refractivity contribution in [2.45, 2.75) is 32.9 Å². The molecule has 2 atom stereocenters. The molecule has 9 nitrogen and oxygen atoms in total. The van der Waals surface area contributed by atoms with Gasteiger partial charge < -0.3 is 18.7 Å². The molecule has 9 heteroatoms. The number of amides is 1. The number of carbonyl (C=O) groups excluding carboxylic acids is 3. The molecule has 4 aromatic rings. The van der Waals surface area contributed by atoms with Gasteiger partial charge in [-0.3, -0.25) is 14.5 Å². The molecule has 0 spiro atoms. The molecule has 0 unspecified atom stereocenters. The van der Waals surface area contributed by atoms with Gasteiger partial charge in [-0.1, -0.05) is 86.6 Å². The molecule has 0 saturated heterocycles. The Balaban J connectivity index is 1.72. The molecule has 1 aliphatic heterocycles. The summed E-state index contributed by atoms with van der Waals surface area (Å²) in [5, 5.41) is 3.99. The van der Waals surface area contributed by atoms with Gasteiger partial charge in [-0.15, -0.1) is 0 Å². The SMILES string of the molecule is COC(=O)[C@H](OC1=C(C(=O)C(C)(C)C)[C@@H](c2ccccc2OC)N(c2ccc(-c3ccon3)cc2)C1=O)c1ccccc1. The molecule has 5 rings (SSSR count). The number of aromatic nitrogens is 1. The van der Waals surface area contributed by atoms with Gasteiger partial charge in [-0.2, -0.15) is 0 Å². The van der Waals surface area contributed by atoms with E-state index in [0.29, 0.717) is 28.3 Å². The molecular weight excluding hydrogens is 548 g/mol. The van der Waals surface area contributed by atoms with Gasteiger partial charge in [0.25, 0.3) is 5.91 Å². The van der Waals surface area contributed by atoms with Gasteiger partial charge in [-0.25, -0.2) is 4.79 Å². The van der Waals surface area contributed by atoms with Crippen LogP contribution in [0.5, 0.6) is 5.75 Å². The summed E-state index contributed by atoms with van der Waals surface area (Å²) in [6, 6.07) is 23.9. The second-order valence-electron chi connectivity index (χ2n) is 11.0. The number of esters is 1. The number of benzene rings is 3. The van der Waals surface area contributed by atoms with Gasteiger partial charge in [0.2, 0.25) is 6.10 Å². The largest absolute Gasteiger partial charge is 0.496 e. The van der Waals surface area contributed by atoms with E-state index in [0.717, 1.165) is 5.56 Å². The lowest BCUT2D eigenvalue weighted by molar-refractivity contribution is -0.152. The quantitative estimate of drug-likeness (QED) is 0.214. The number of hydrogen-bond donors (Lipinski definition) is 0. The third-order valence-corrected chi connectivity index (χ3v) is 7.18. The first-order valence-electron chi connectivity index (χ1n) is 13.7. The van der Waals surface area contributed by atoms with E-state index < -0.39 is 29.4 Å². The Labute approximate surface area is 249 Å². The molecule has 3 aromatic carbocycles. The van der Waals surface area contributed by atoms with Crippen LogP contribution in [0.3, 0.4) is 0 Å². The number of methoxy groups -OCH3 is 2. The van der Waals surface area contributed by atoms with E-state index in [-0.39, 0.29) is 17.1 Å². The second-order valence-corrected chi connectivity index (χ2v) is 11.0. The van der Waals surface area contributed by atoms with E-state index in [9.17, 15) is 14.4 Å². The highest BCUT2D eigenvalue weighted by atomic mass is 16.6. The Kier molecular flexibility index (Phi) is 8.16. The number of anilines is 1. The minimum absolute atomic E-state index is 0.118. The van der Waals surface area contributed by atoms with E-state index in [1.54, 1.807) is 81.4 Å². The highest BCUT2D eigenvalue weighted by Crippen LogP contribution is 2.48. The molecule has 1 aromatic heterocycles. The van der Waals surface area contributed by atoms with Gasteiger partial charge in [0, 0.05) is 33.9 Å². The van der Waals surface area contributed by atoms with Crippen molar-refractivity contribution in [3.8, 4) is 17.0 Å². The normalized spacial score (nSPS) is 15.8. The number of hydrogen-bond acceptors (Lipinski definition) is 8. The molecule has 2 heterocycles. The third kappa shape index (κ3) is 5.66. The fraction of sp³-hybridized carbons (Fsp3) is 0.235. The van der Waals surface area contributed by atoms with Crippen molar-refractivity contribution in [3.05, 3.63) is 114 Å². The van der Waals surface area contributed by atoms with Crippen LogP contribution < -0.4 is 9.64 Å². The van der Waals surface area contributed by atoms with Gasteiger partial charge in [-0.05, 0) is 18.2 Å². The molecule has 0 aliphatic carbocycles. The Hall–Kier alpha value is -5.18. The van der Waals surface area contributed by atoms with Crippen LogP contribution in [-0.4, -0.2) is 37.0 Å². The molecule has 0 saturated carbocycles. The zero-order valence-corrected chi connectivity index (χ0v) is 24.6. The number of Topliss-reactive ketones (excluding diaryl/α,β-unsaturated/α-hetero) is 1.